The van der Waals surface area contributed by atoms with Crippen LogP contribution < -0.4 is 16.2 Å². The third kappa shape index (κ3) is 4.24. The minimum Gasteiger partial charge on any atom is -0.363 e. The number of hydrogen-bond acceptors (Lipinski definition) is 5. The molecule has 0 bridgehead atoms. The number of fused-ring (bicyclic) bond motifs is 1. The largest absolute Gasteiger partial charge is 0.363 e. The first kappa shape index (κ1) is 19.4. The third-order valence-corrected chi connectivity index (χ3v) is 5.33. The zero-order valence-electron chi connectivity index (χ0n) is 15.5. The summed E-state index contributed by atoms with van der Waals surface area (Å²) in [6.07, 6.45) is 8.36. The third-order valence-electron chi connectivity index (χ3n) is 5.03. The molecule has 1 saturated carbocycles. The molecule has 29 heavy (non-hydrogen) atoms. The monoisotopic (exact) mass is 418 g/mol. The first-order valence-corrected chi connectivity index (χ1v) is 9.79. The van der Waals surface area contributed by atoms with Crippen molar-refractivity contribution in [1.29, 1.82) is 0 Å². The van der Waals surface area contributed by atoms with Gasteiger partial charge in [0.15, 0.2) is 5.82 Å². The minimum atomic E-state index is -0.433. The number of amides is 1. The molecule has 8 nitrogen and oxygen atoms in total. The highest BCUT2D eigenvalue weighted by atomic mass is 35.5. The van der Waals surface area contributed by atoms with Gasteiger partial charge in [0.05, 0.1) is 11.6 Å². The van der Waals surface area contributed by atoms with Gasteiger partial charge >= 0.3 is 0 Å². The molecule has 1 amide bonds. The molecule has 152 valence electrons. The van der Waals surface area contributed by atoms with Gasteiger partial charge in [-0.15, -0.1) is 0 Å². The van der Waals surface area contributed by atoms with Crippen molar-refractivity contribution in [2.24, 2.45) is 0 Å². The van der Waals surface area contributed by atoms with Crippen molar-refractivity contribution in [3.63, 3.8) is 0 Å². The Labute approximate surface area is 170 Å². The number of aromatic nitrogens is 4. The fraction of sp³-hybridized carbons (Fsp3) is 0.368. The first-order chi connectivity index (χ1) is 14.0. The summed E-state index contributed by atoms with van der Waals surface area (Å²) in [5.74, 6) is -0.605. The fourth-order valence-corrected chi connectivity index (χ4v) is 3.67. The highest BCUT2D eigenvalue weighted by Gasteiger charge is 2.19. The normalized spacial score (nSPS) is 14.4. The number of anilines is 1. The number of H-pyrrole nitrogens is 1. The second-order valence-corrected chi connectivity index (χ2v) is 7.49. The van der Waals surface area contributed by atoms with Gasteiger partial charge in [-0.2, -0.15) is 0 Å². The number of halogens is 2. The summed E-state index contributed by atoms with van der Waals surface area (Å²) in [6.45, 7) is -0.0925. The van der Waals surface area contributed by atoms with Gasteiger partial charge in [-0.1, -0.05) is 24.4 Å². The summed E-state index contributed by atoms with van der Waals surface area (Å²) in [5.41, 5.74) is 0.646. The maximum absolute atomic E-state index is 13.7. The Balaban J connectivity index is 1.43. The van der Waals surface area contributed by atoms with Gasteiger partial charge in [0, 0.05) is 25.0 Å². The van der Waals surface area contributed by atoms with E-state index in [-0.39, 0.29) is 30.1 Å². The molecule has 0 aliphatic heterocycles. The van der Waals surface area contributed by atoms with E-state index >= 15 is 0 Å². The highest BCUT2D eigenvalue weighted by molar-refractivity contribution is 6.29. The maximum Gasteiger partial charge on any atom is 0.294 e. The number of rotatable bonds is 6. The second-order valence-electron chi connectivity index (χ2n) is 7.10. The van der Waals surface area contributed by atoms with Crippen LogP contribution in [-0.4, -0.2) is 31.5 Å². The molecule has 1 aliphatic carbocycles. The van der Waals surface area contributed by atoms with Crippen LogP contribution in [0.5, 0.6) is 0 Å². The molecule has 0 unspecified atom stereocenters. The van der Waals surface area contributed by atoms with Gasteiger partial charge < -0.3 is 15.6 Å². The maximum atomic E-state index is 13.7. The van der Waals surface area contributed by atoms with Crippen molar-refractivity contribution in [2.75, 3.05) is 5.32 Å². The Kier molecular flexibility index (Phi) is 5.48. The van der Waals surface area contributed by atoms with E-state index in [9.17, 15) is 14.0 Å². The number of hydrogen-bond donors (Lipinski definition) is 3. The number of aromatic amines is 1. The molecular weight excluding hydrogens is 399 g/mol. The van der Waals surface area contributed by atoms with E-state index in [1.165, 1.54) is 17.0 Å². The van der Waals surface area contributed by atoms with Crippen LogP contribution in [0.25, 0.3) is 11.0 Å². The molecule has 0 saturated heterocycles. The van der Waals surface area contributed by atoms with E-state index in [4.69, 9.17) is 11.6 Å². The summed E-state index contributed by atoms with van der Waals surface area (Å²) in [4.78, 5) is 35.9. The van der Waals surface area contributed by atoms with Crippen LogP contribution in [0.2, 0.25) is 5.15 Å². The van der Waals surface area contributed by atoms with E-state index in [2.05, 4.69) is 25.6 Å². The van der Waals surface area contributed by atoms with Gasteiger partial charge in [0.25, 0.3) is 5.56 Å². The van der Waals surface area contributed by atoms with Crippen LogP contribution in [0, 0.1) is 5.82 Å². The lowest BCUT2D eigenvalue weighted by Gasteiger charge is -2.14. The lowest BCUT2D eigenvalue weighted by molar-refractivity contribution is -0.121. The smallest absolute Gasteiger partial charge is 0.294 e. The summed E-state index contributed by atoms with van der Waals surface area (Å²) in [5, 5.41) is 6.28. The highest BCUT2D eigenvalue weighted by Crippen LogP contribution is 2.20. The van der Waals surface area contributed by atoms with Crippen LogP contribution in [0.3, 0.4) is 0 Å². The molecule has 0 spiro atoms. The van der Waals surface area contributed by atoms with Crippen molar-refractivity contribution in [3.05, 3.63) is 51.5 Å². The van der Waals surface area contributed by atoms with Gasteiger partial charge in [0.2, 0.25) is 5.91 Å². The molecule has 3 aromatic heterocycles. The average molecular weight is 419 g/mol. The number of pyridine rings is 1. The summed E-state index contributed by atoms with van der Waals surface area (Å²) in [6, 6.07) is 1.83. The molecular formula is C19H20ClFN6O2. The molecule has 0 aromatic carbocycles. The molecule has 10 heteroatoms. The topological polar surface area (TPSA) is 105 Å². The Morgan fingerprint density at radius 1 is 1.31 bits per heavy atom. The lowest BCUT2D eigenvalue weighted by atomic mass is 10.2. The molecule has 1 fully saturated rings. The number of carbonyl (C=O) groups excluding carboxylic acids is 1. The number of nitrogens with one attached hydrogen (secondary N) is 3. The molecule has 3 aromatic rings. The van der Waals surface area contributed by atoms with E-state index < -0.39 is 17.3 Å². The van der Waals surface area contributed by atoms with E-state index in [1.807, 2.05) is 0 Å². The quantitative estimate of drug-likeness (QED) is 0.570. The van der Waals surface area contributed by atoms with E-state index in [1.54, 1.807) is 12.3 Å². The zero-order valence-corrected chi connectivity index (χ0v) is 16.3. The molecule has 1 aliphatic rings. The Morgan fingerprint density at radius 3 is 2.90 bits per heavy atom. The fourth-order valence-electron chi connectivity index (χ4n) is 3.49. The van der Waals surface area contributed by atoms with Crippen LogP contribution in [0.4, 0.5) is 10.2 Å². The van der Waals surface area contributed by atoms with Crippen LogP contribution in [-0.2, 0) is 17.9 Å². The molecule has 3 N–H and O–H groups in total. The van der Waals surface area contributed by atoms with Gasteiger partial charge in [-0.25, -0.2) is 14.4 Å². The van der Waals surface area contributed by atoms with Gasteiger partial charge in [0.1, 0.15) is 23.2 Å². The summed E-state index contributed by atoms with van der Waals surface area (Å²) in [7, 11) is 0. The Bertz CT molecular complexity index is 1110. The van der Waals surface area contributed by atoms with Crippen molar-refractivity contribution in [3.8, 4) is 0 Å². The predicted molar refractivity (Wildman–Crippen MR) is 107 cm³/mol. The molecule has 3 heterocycles. The summed E-state index contributed by atoms with van der Waals surface area (Å²) >= 11 is 6.09. The minimum absolute atomic E-state index is 0.0830. The van der Waals surface area contributed by atoms with Gasteiger partial charge in [-0.05, 0) is 24.5 Å². The van der Waals surface area contributed by atoms with Crippen molar-refractivity contribution >= 4 is 34.4 Å². The SMILES string of the molecule is O=C(Cn1c(Cl)cnc(NC2CCCC2)c1=O)NCc1cnc2[nH]cc(F)c2c1. The average Bonchev–Trinajstić information content (AvgIpc) is 3.36. The standard InChI is InChI=1S/C19H20ClFN6O2/c20-15-9-25-18(26-12-3-1-2-4-12)19(29)27(15)10-16(28)22-6-11-5-13-14(21)8-24-17(13)23-7-11/h5,7-9,12H,1-4,6,10H2,(H,22,28)(H,23,24)(H,25,26). The second kappa shape index (κ2) is 8.20. The van der Waals surface area contributed by atoms with E-state index in [0.717, 1.165) is 25.7 Å². The zero-order chi connectivity index (χ0) is 20.4. The van der Waals surface area contributed by atoms with E-state index in [0.29, 0.717) is 16.6 Å². The first-order valence-electron chi connectivity index (χ1n) is 9.41. The Morgan fingerprint density at radius 2 is 2.10 bits per heavy atom. The lowest BCUT2D eigenvalue weighted by Crippen LogP contribution is -2.34. The summed E-state index contributed by atoms with van der Waals surface area (Å²) < 4.78 is 14.8. The molecule has 0 atom stereocenters. The van der Waals surface area contributed by atoms with Crippen molar-refractivity contribution in [2.45, 2.75) is 44.8 Å². The molecule has 4 rings (SSSR count). The van der Waals surface area contributed by atoms with Crippen molar-refractivity contribution in [1.82, 2.24) is 24.8 Å². The van der Waals surface area contributed by atoms with Crippen LogP contribution >= 0.6 is 11.6 Å². The van der Waals surface area contributed by atoms with Gasteiger partial charge in [-0.3, -0.25) is 14.2 Å². The van der Waals surface area contributed by atoms with Crippen molar-refractivity contribution < 1.29 is 9.18 Å². The van der Waals surface area contributed by atoms with Crippen LogP contribution in [0.15, 0.2) is 29.5 Å². The number of nitrogens with zero attached hydrogens (tertiary/aromatic N) is 3. The molecule has 0 radical (unpaired) electrons. The number of carbonyl (C=O) groups is 1. The Hall–Kier alpha value is -2.94. The predicted octanol–water partition coefficient (Wildman–Crippen LogP) is 2.58. The van der Waals surface area contributed by atoms with Crippen LogP contribution in [0.1, 0.15) is 31.2 Å².